The third kappa shape index (κ3) is 5.55. The van der Waals surface area contributed by atoms with E-state index in [9.17, 15) is 9.59 Å². The van der Waals surface area contributed by atoms with E-state index < -0.39 is 17.7 Å². The number of ether oxygens (including phenoxy) is 1. The van der Waals surface area contributed by atoms with E-state index in [0.717, 1.165) is 34.4 Å². The number of carbonyl (C=O) groups excluding carboxylic acids is 2. The van der Waals surface area contributed by atoms with Gasteiger partial charge in [-0.3, -0.25) is 4.79 Å². The first-order valence-corrected chi connectivity index (χ1v) is 11.0. The molecule has 2 aromatic carbocycles. The Morgan fingerprint density at radius 3 is 2.48 bits per heavy atom. The van der Waals surface area contributed by atoms with Crippen molar-refractivity contribution in [2.24, 2.45) is 0 Å². The standard InChI is InChI=1S/C26H28N4O3/c1-26(2,3)33-25(32)29-22(13-18-7-5-4-6-8-18)24(31)30-12-11-19-9-10-20(14-23(19)30)21-15-27-17-28-16-21/h4-10,14-17,22H,11-13H2,1-3H3,(H,29,32). The Labute approximate surface area is 193 Å². The Balaban J connectivity index is 1.61. The summed E-state index contributed by atoms with van der Waals surface area (Å²) in [6, 6.07) is 15.0. The maximum Gasteiger partial charge on any atom is 0.408 e. The molecule has 1 atom stereocenters. The molecule has 1 aromatic heterocycles. The van der Waals surface area contributed by atoms with Gasteiger partial charge >= 0.3 is 6.09 Å². The highest BCUT2D eigenvalue weighted by molar-refractivity contribution is 6.01. The topological polar surface area (TPSA) is 84.4 Å². The molecule has 0 saturated heterocycles. The van der Waals surface area contributed by atoms with E-state index in [0.29, 0.717) is 13.0 Å². The fourth-order valence-electron chi connectivity index (χ4n) is 3.92. The summed E-state index contributed by atoms with van der Waals surface area (Å²) in [5.41, 5.74) is 4.07. The zero-order valence-corrected chi connectivity index (χ0v) is 19.1. The first-order valence-electron chi connectivity index (χ1n) is 11.0. The van der Waals surface area contributed by atoms with Crippen molar-refractivity contribution in [3.63, 3.8) is 0 Å². The molecule has 4 rings (SSSR count). The lowest BCUT2D eigenvalue weighted by Crippen LogP contribution is -2.50. The van der Waals surface area contributed by atoms with Crippen LogP contribution in [-0.4, -0.2) is 40.2 Å². The molecule has 1 aliphatic heterocycles. The molecule has 0 saturated carbocycles. The zero-order valence-electron chi connectivity index (χ0n) is 19.1. The number of nitrogens with one attached hydrogen (secondary N) is 1. The van der Waals surface area contributed by atoms with E-state index >= 15 is 0 Å². The minimum Gasteiger partial charge on any atom is -0.444 e. The minimum atomic E-state index is -0.753. The van der Waals surface area contributed by atoms with E-state index in [1.54, 1.807) is 38.1 Å². The van der Waals surface area contributed by atoms with Gasteiger partial charge in [0.05, 0.1) is 0 Å². The molecule has 33 heavy (non-hydrogen) atoms. The summed E-state index contributed by atoms with van der Waals surface area (Å²) in [6.45, 7) is 5.95. The number of anilines is 1. The summed E-state index contributed by atoms with van der Waals surface area (Å²) < 4.78 is 5.43. The third-order valence-electron chi connectivity index (χ3n) is 5.41. The summed E-state index contributed by atoms with van der Waals surface area (Å²) in [5, 5.41) is 2.80. The van der Waals surface area contributed by atoms with Crippen LogP contribution in [0.2, 0.25) is 0 Å². The van der Waals surface area contributed by atoms with E-state index in [1.807, 2.05) is 48.5 Å². The number of nitrogens with zero attached hydrogens (tertiary/aromatic N) is 3. The lowest BCUT2D eigenvalue weighted by atomic mass is 10.0. The quantitative estimate of drug-likeness (QED) is 0.639. The lowest BCUT2D eigenvalue weighted by molar-refractivity contribution is -0.120. The number of alkyl carbamates (subject to hydrolysis) is 1. The molecule has 1 aliphatic rings. The lowest BCUT2D eigenvalue weighted by Gasteiger charge is -2.27. The number of amides is 2. The van der Waals surface area contributed by atoms with Gasteiger partial charge in [0.15, 0.2) is 0 Å². The minimum absolute atomic E-state index is 0.162. The van der Waals surface area contributed by atoms with Gasteiger partial charge < -0.3 is 15.0 Å². The van der Waals surface area contributed by atoms with Crippen LogP contribution < -0.4 is 10.2 Å². The molecule has 7 nitrogen and oxygen atoms in total. The maximum absolute atomic E-state index is 13.7. The highest BCUT2D eigenvalue weighted by Gasteiger charge is 2.32. The fraction of sp³-hybridized carbons (Fsp3) is 0.308. The van der Waals surface area contributed by atoms with Crippen LogP contribution in [0.1, 0.15) is 31.9 Å². The van der Waals surface area contributed by atoms with Gasteiger partial charge in [0.25, 0.3) is 0 Å². The number of rotatable bonds is 5. The van der Waals surface area contributed by atoms with Crippen molar-refractivity contribution < 1.29 is 14.3 Å². The van der Waals surface area contributed by atoms with Crippen LogP contribution in [0.3, 0.4) is 0 Å². The smallest absolute Gasteiger partial charge is 0.408 e. The molecular weight excluding hydrogens is 416 g/mol. The van der Waals surface area contributed by atoms with Gasteiger partial charge in [0, 0.05) is 36.6 Å². The molecule has 3 aromatic rings. The van der Waals surface area contributed by atoms with Crippen molar-refractivity contribution in [2.45, 2.75) is 45.3 Å². The van der Waals surface area contributed by atoms with Gasteiger partial charge in [-0.1, -0.05) is 42.5 Å². The van der Waals surface area contributed by atoms with Gasteiger partial charge in [-0.25, -0.2) is 14.8 Å². The molecule has 0 bridgehead atoms. The van der Waals surface area contributed by atoms with Crippen molar-refractivity contribution in [1.82, 2.24) is 15.3 Å². The van der Waals surface area contributed by atoms with Gasteiger partial charge in [0.2, 0.25) is 5.91 Å². The largest absolute Gasteiger partial charge is 0.444 e. The van der Waals surface area contributed by atoms with Gasteiger partial charge in [-0.2, -0.15) is 0 Å². The number of benzene rings is 2. The van der Waals surface area contributed by atoms with Crippen LogP contribution >= 0.6 is 0 Å². The predicted molar refractivity (Wildman–Crippen MR) is 127 cm³/mol. The molecule has 2 heterocycles. The summed E-state index contributed by atoms with van der Waals surface area (Å²) >= 11 is 0. The molecule has 2 amide bonds. The van der Waals surface area contributed by atoms with Crippen molar-refractivity contribution in [3.05, 3.63) is 78.4 Å². The van der Waals surface area contributed by atoms with E-state index in [-0.39, 0.29) is 5.91 Å². The van der Waals surface area contributed by atoms with E-state index in [1.165, 1.54) is 6.33 Å². The first-order chi connectivity index (χ1) is 15.8. The number of hydrogen-bond donors (Lipinski definition) is 1. The molecule has 170 valence electrons. The van der Waals surface area contributed by atoms with Crippen LogP contribution in [0.4, 0.5) is 10.5 Å². The molecular formula is C26H28N4O3. The molecule has 0 spiro atoms. The van der Waals surface area contributed by atoms with Crippen LogP contribution in [0.5, 0.6) is 0 Å². The average Bonchev–Trinajstić information content (AvgIpc) is 3.21. The number of carbonyl (C=O) groups is 2. The van der Waals surface area contributed by atoms with Crippen molar-refractivity contribution in [1.29, 1.82) is 0 Å². The van der Waals surface area contributed by atoms with E-state index in [2.05, 4.69) is 15.3 Å². The zero-order chi connectivity index (χ0) is 23.4. The molecule has 7 heteroatoms. The third-order valence-corrected chi connectivity index (χ3v) is 5.41. The summed E-state index contributed by atoms with van der Waals surface area (Å²) in [5.74, 6) is -0.162. The van der Waals surface area contributed by atoms with Crippen molar-refractivity contribution in [2.75, 3.05) is 11.4 Å². The Morgan fingerprint density at radius 1 is 1.06 bits per heavy atom. The predicted octanol–water partition coefficient (Wildman–Crippen LogP) is 4.17. The Bertz CT molecular complexity index is 1130. The number of aromatic nitrogens is 2. The fourth-order valence-corrected chi connectivity index (χ4v) is 3.92. The molecule has 0 radical (unpaired) electrons. The van der Waals surface area contributed by atoms with Crippen LogP contribution in [-0.2, 0) is 22.4 Å². The number of hydrogen-bond acceptors (Lipinski definition) is 5. The van der Waals surface area contributed by atoms with Crippen molar-refractivity contribution in [3.8, 4) is 11.1 Å². The molecule has 1 unspecified atom stereocenters. The Morgan fingerprint density at radius 2 is 1.79 bits per heavy atom. The molecule has 0 fully saturated rings. The summed E-state index contributed by atoms with van der Waals surface area (Å²) in [4.78, 5) is 36.2. The Hall–Kier alpha value is -3.74. The average molecular weight is 445 g/mol. The normalized spacial score (nSPS) is 13.8. The maximum atomic E-state index is 13.7. The van der Waals surface area contributed by atoms with Crippen LogP contribution in [0.25, 0.3) is 11.1 Å². The molecule has 1 N–H and O–H groups in total. The van der Waals surface area contributed by atoms with E-state index in [4.69, 9.17) is 4.74 Å². The highest BCUT2D eigenvalue weighted by atomic mass is 16.6. The summed E-state index contributed by atoms with van der Waals surface area (Å²) in [7, 11) is 0. The Kier molecular flexibility index (Phi) is 6.40. The van der Waals surface area contributed by atoms with Crippen LogP contribution in [0.15, 0.2) is 67.3 Å². The number of fused-ring (bicyclic) bond motifs is 1. The summed E-state index contributed by atoms with van der Waals surface area (Å²) in [6.07, 6.45) is 5.51. The monoisotopic (exact) mass is 444 g/mol. The van der Waals surface area contributed by atoms with Gasteiger partial charge in [0.1, 0.15) is 18.0 Å². The highest BCUT2D eigenvalue weighted by Crippen LogP contribution is 2.33. The second kappa shape index (κ2) is 9.40. The van der Waals surface area contributed by atoms with Crippen molar-refractivity contribution >= 4 is 17.7 Å². The second-order valence-electron chi connectivity index (χ2n) is 9.10. The first kappa shape index (κ1) is 22.5. The molecule has 0 aliphatic carbocycles. The van der Waals surface area contributed by atoms with Gasteiger partial charge in [-0.15, -0.1) is 0 Å². The van der Waals surface area contributed by atoms with Gasteiger partial charge in [-0.05, 0) is 49.9 Å². The SMILES string of the molecule is CC(C)(C)OC(=O)NC(Cc1ccccc1)C(=O)N1CCc2ccc(-c3cncnc3)cc21. The van der Waals surface area contributed by atoms with Crippen LogP contribution in [0, 0.1) is 0 Å². The second-order valence-corrected chi connectivity index (χ2v) is 9.10.